The topological polar surface area (TPSA) is 58.6 Å². The summed E-state index contributed by atoms with van der Waals surface area (Å²) in [6.07, 6.45) is 1.66. The van der Waals surface area contributed by atoms with Crippen molar-refractivity contribution in [2.45, 2.75) is 17.7 Å². The lowest BCUT2D eigenvalue weighted by Gasteiger charge is -2.31. The van der Waals surface area contributed by atoms with Crippen molar-refractivity contribution in [3.8, 4) is 5.75 Å². The van der Waals surface area contributed by atoms with Crippen molar-refractivity contribution in [3.63, 3.8) is 0 Å². The van der Waals surface area contributed by atoms with Crippen LogP contribution in [-0.2, 0) is 10.0 Å². The number of methoxy groups -OCH3 is 1. The molecule has 1 fully saturated rings. The predicted octanol–water partition coefficient (Wildman–Crippen LogP) is 1.88. The average Bonchev–Trinajstić information content (AvgIpc) is 2.48. The Morgan fingerprint density at radius 2 is 2.00 bits per heavy atom. The van der Waals surface area contributed by atoms with Crippen LogP contribution in [0.5, 0.6) is 5.75 Å². The first-order chi connectivity index (χ1) is 9.98. The second-order valence-electron chi connectivity index (χ2n) is 5.20. The van der Waals surface area contributed by atoms with Crippen LogP contribution >= 0.6 is 12.4 Å². The molecule has 1 aromatic rings. The van der Waals surface area contributed by atoms with Gasteiger partial charge in [0.25, 0.3) is 0 Å². The molecule has 126 valence electrons. The molecule has 8 heteroatoms. The lowest BCUT2D eigenvalue weighted by molar-refractivity contribution is 0.270. The maximum Gasteiger partial charge on any atom is 0.243 e. The molecule has 0 atom stereocenters. The Bertz CT molecular complexity index is 590. The highest BCUT2D eigenvalue weighted by Gasteiger charge is 2.29. The largest absolute Gasteiger partial charge is 0.494 e. The van der Waals surface area contributed by atoms with Crippen LogP contribution in [-0.4, -0.2) is 46.5 Å². The van der Waals surface area contributed by atoms with E-state index in [9.17, 15) is 12.8 Å². The minimum atomic E-state index is -3.58. The fourth-order valence-electron chi connectivity index (χ4n) is 2.59. The SMILES string of the molecule is CNCC1CCN(S(=O)(=O)c2ccc(F)c(OC)c2)CC1.Cl. The van der Waals surface area contributed by atoms with Gasteiger partial charge in [-0.1, -0.05) is 0 Å². The highest BCUT2D eigenvalue weighted by Crippen LogP contribution is 2.27. The third-order valence-electron chi connectivity index (χ3n) is 3.83. The molecule has 1 aromatic carbocycles. The molecule has 0 saturated carbocycles. The van der Waals surface area contributed by atoms with Gasteiger partial charge in [-0.2, -0.15) is 4.31 Å². The summed E-state index contributed by atoms with van der Waals surface area (Å²) in [5.41, 5.74) is 0. The first kappa shape index (κ1) is 19.2. The van der Waals surface area contributed by atoms with Gasteiger partial charge in [0, 0.05) is 19.2 Å². The number of rotatable bonds is 5. The normalized spacial score (nSPS) is 17.0. The van der Waals surface area contributed by atoms with Gasteiger partial charge in [0.1, 0.15) is 0 Å². The number of hydrogen-bond acceptors (Lipinski definition) is 4. The van der Waals surface area contributed by atoms with Crippen LogP contribution in [0.15, 0.2) is 23.1 Å². The zero-order chi connectivity index (χ0) is 15.5. The summed E-state index contributed by atoms with van der Waals surface area (Å²) in [7, 11) is -0.369. The lowest BCUT2D eigenvalue weighted by Crippen LogP contribution is -2.40. The molecule has 0 bridgehead atoms. The lowest BCUT2D eigenvalue weighted by atomic mass is 9.98. The van der Waals surface area contributed by atoms with E-state index in [0.717, 1.165) is 25.5 Å². The molecule has 0 spiro atoms. The summed E-state index contributed by atoms with van der Waals surface area (Å²) in [6, 6.07) is 3.65. The molecule has 1 saturated heterocycles. The van der Waals surface area contributed by atoms with Gasteiger partial charge in [-0.05, 0) is 44.5 Å². The van der Waals surface area contributed by atoms with Crippen LogP contribution in [0, 0.1) is 11.7 Å². The summed E-state index contributed by atoms with van der Waals surface area (Å²) in [5, 5.41) is 3.12. The quantitative estimate of drug-likeness (QED) is 0.879. The molecule has 0 aromatic heterocycles. The van der Waals surface area contributed by atoms with Crippen molar-refractivity contribution in [3.05, 3.63) is 24.0 Å². The van der Waals surface area contributed by atoms with E-state index in [-0.39, 0.29) is 23.1 Å². The van der Waals surface area contributed by atoms with Crippen LogP contribution < -0.4 is 10.1 Å². The number of piperidine rings is 1. The molecule has 0 amide bonds. The molecule has 1 aliphatic rings. The van der Waals surface area contributed by atoms with Gasteiger partial charge in [-0.3, -0.25) is 0 Å². The average molecular weight is 353 g/mol. The molecule has 0 radical (unpaired) electrons. The van der Waals surface area contributed by atoms with Gasteiger partial charge in [-0.25, -0.2) is 12.8 Å². The zero-order valence-corrected chi connectivity index (χ0v) is 14.3. The summed E-state index contributed by atoms with van der Waals surface area (Å²) in [5.74, 6) is -0.116. The second kappa shape index (κ2) is 8.10. The highest BCUT2D eigenvalue weighted by molar-refractivity contribution is 7.89. The van der Waals surface area contributed by atoms with Gasteiger partial charge in [0.2, 0.25) is 10.0 Å². The Balaban J connectivity index is 0.00000242. The van der Waals surface area contributed by atoms with Crippen LogP contribution in [0.2, 0.25) is 0 Å². The monoisotopic (exact) mass is 352 g/mol. The van der Waals surface area contributed by atoms with Gasteiger partial charge >= 0.3 is 0 Å². The van der Waals surface area contributed by atoms with Gasteiger partial charge < -0.3 is 10.1 Å². The third kappa shape index (κ3) is 4.10. The van der Waals surface area contributed by atoms with Gasteiger partial charge in [0.15, 0.2) is 11.6 Å². The van der Waals surface area contributed by atoms with E-state index in [1.807, 2.05) is 7.05 Å². The molecule has 0 aliphatic carbocycles. The van der Waals surface area contributed by atoms with E-state index >= 15 is 0 Å². The number of benzene rings is 1. The van der Waals surface area contributed by atoms with Crippen molar-refractivity contribution in [1.29, 1.82) is 0 Å². The van der Waals surface area contributed by atoms with E-state index in [1.54, 1.807) is 0 Å². The van der Waals surface area contributed by atoms with E-state index in [4.69, 9.17) is 4.74 Å². The third-order valence-corrected chi connectivity index (χ3v) is 5.72. The molecule has 1 heterocycles. The molecule has 1 N–H and O–H groups in total. The molecular weight excluding hydrogens is 331 g/mol. The first-order valence-corrected chi connectivity index (χ1v) is 8.41. The Hall–Kier alpha value is -0.890. The standard InChI is InChI=1S/C14H21FN2O3S.ClH/c1-16-10-11-5-7-17(8-6-11)21(18,19)12-3-4-13(15)14(9-12)20-2;/h3-4,9,11,16H,5-8,10H2,1-2H3;1H. The number of halogens is 2. The van der Waals surface area contributed by atoms with Crippen molar-refractivity contribution in [2.75, 3.05) is 33.8 Å². The van der Waals surface area contributed by atoms with Crippen LogP contribution in [0.25, 0.3) is 0 Å². The van der Waals surface area contributed by atoms with Crippen LogP contribution in [0.3, 0.4) is 0 Å². The van der Waals surface area contributed by atoms with Gasteiger partial charge in [-0.15, -0.1) is 12.4 Å². The Morgan fingerprint density at radius 1 is 1.36 bits per heavy atom. The number of nitrogens with zero attached hydrogens (tertiary/aromatic N) is 1. The minimum absolute atomic E-state index is 0. The maximum absolute atomic E-state index is 13.4. The van der Waals surface area contributed by atoms with Gasteiger partial charge in [0.05, 0.1) is 12.0 Å². The molecule has 1 aliphatic heterocycles. The zero-order valence-electron chi connectivity index (χ0n) is 12.7. The summed E-state index contributed by atoms with van der Waals surface area (Å²) in [4.78, 5) is 0.0767. The molecule has 5 nitrogen and oxygen atoms in total. The van der Waals surface area contributed by atoms with Crippen LogP contribution in [0.1, 0.15) is 12.8 Å². The van der Waals surface area contributed by atoms with E-state index in [1.165, 1.54) is 23.5 Å². The van der Waals surface area contributed by atoms with Crippen molar-refractivity contribution < 1.29 is 17.5 Å². The molecule has 0 unspecified atom stereocenters. The molecule has 22 heavy (non-hydrogen) atoms. The predicted molar refractivity (Wildman–Crippen MR) is 85.6 cm³/mol. The number of ether oxygens (including phenoxy) is 1. The fraction of sp³-hybridized carbons (Fsp3) is 0.571. The minimum Gasteiger partial charge on any atom is -0.494 e. The summed E-state index contributed by atoms with van der Waals surface area (Å²) in [6.45, 7) is 1.89. The van der Waals surface area contributed by atoms with Crippen molar-refractivity contribution >= 4 is 22.4 Å². The number of hydrogen-bond donors (Lipinski definition) is 1. The van der Waals surface area contributed by atoms with Crippen molar-refractivity contribution in [1.82, 2.24) is 9.62 Å². The Kier molecular flexibility index (Phi) is 7.05. The number of nitrogens with one attached hydrogen (secondary N) is 1. The van der Waals surface area contributed by atoms with Crippen LogP contribution in [0.4, 0.5) is 4.39 Å². The first-order valence-electron chi connectivity index (χ1n) is 6.97. The Labute approximate surface area is 137 Å². The molecular formula is C14H22ClFN2O3S. The fourth-order valence-corrected chi connectivity index (χ4v) is 4.08. The van der Waals surface area contributed by atoms with E-state index in [0.29, 0.717) is 19.0 Å². The molecule has 2 rings (SSSR count). The maximum atomic E-state index is 13.4. The second-order valence-corrected chi connectivity index (χ2v) is 7.14. The van der Waals surface area contributed by atoms with E-state index in [2.05, 4.69) is 5.32 Å². The van der Waals surface area contributed by atoms with Crippen molar-refractivity contribution in [2.24, 2.45) is 5.92 Å². The van der Waals surface area contributed by atoms with E-state index < -0.39 is 15.8 Å². The highest BCUT2D eigenvalue weighted by atomic mass is 35.5. The smallest absolute Gasteiger partial charge is 0.243 e. The summed E-state index contributed by atoms with van der Waals surface area (Å²) >= 11 is 0. The Morgan fingerprint density at radius 3 is 2.55 bits per heavy atom. The number of sulfonamides is 1. The summed E-state index contributed by atoms with van der Waals surface area (Å²) < 4.78 is 44.8.